The van der Waals surface area contributed by atoms with Gasteiger partial charge in [-0.15, -0.1) is 11.3 Å². The van der Waals surface area contributed by atoms with Crippen LogP contribution in [0.3, 0.4) is 0 Å². The first-order chi connectivity index (χ1) is 8.38. The summed E-state index contributed by atoms with van der Waals surface area (Å²) >= 11 is 1.86. The number of aromatic nitrogens is 1. The molecule has 1 aliphatic rings. The van der Waals surface area contributed by atoms with Gasteiger partial charge in [-0.2, -0.15) is 0 Å². The molecule has 0 spiro atoms. The van der Waals surface area contributed by atoms with Crippen LogP contribution in [0.15, 0.2) is 5.38 Å². The minimum absolute atomic E-state index is 0.990. The van der Waals surface area contributed by atoms with Crippen molar-refractivity contribution >= 4 is 11.3 Å². The molecule has 1 fully saturated rings. The SMILES string of the molecule is CCCCc1nc(CCC2CCCCC2)cs1. The van der Waals surface area contributed by atoms with Gasteiger partial charge >= 0.3 is 0 Å². The van der Waals surface area contributed by atoms with Crippen molar-refractivity contribution in [3.8, 4) is 0 Å². The molecule has 0 aliphatic heterocycles. The highest BCUT2D eigenvalue weighted by Gasteiger charge is 2.13. The number of hydrogen-bond donors (Lipinski definition) is 0. The van der Waals surface area contributed by atoms with E-state index in [9.17, 15) is 0 Å². The van der Waals surface area contributed by atoms with Gasteiger partial charge in [0.25, 0.3) is 0 Å². The van der Waals surface area contributed by atoms with E-state index < -0.39 is 0 Å². The summed E-state index contributed by atoms with van der Waals surface area (Å²) in [7, 11) is 0. The van der Waals surface area contributed by atoms with Crippen LogP contribution in [0.25, 0.3) is 0 Å². The Labute approximate surface area is 110 Å². The topological polar surface area (TPSA) is 12.9 Å². The fraction of sp³-hybridized carbons (Fsp3) is 0.800. The minimum Gasteiger partial charge on any atom is -0.246 e. The normalized spacial score (nSPS) is 17.5. The summed E-state index contributed by atoms with van der Waals surface area (Å²) in [5.74, 6) is 0.990. The average Bonchev–Trinajstić information content (AvgIpc) is 2.83. The zero-order valence-electron chi connectivity index (χ0n) is 11.1. The molecule has 96 valence electrons. The predicted molar refractivity (Wildman–Crippen MR) is 75.6 cm³/mol. The van der Waals surface area contributed by atoms with Gasteiger partial charge in [-0.3, -0.25) is 0 Å². The summed E-state index contributed by atoms with van der Waals surface area (Å²) in [4.78, 5) is 4.75. The molecule has 1 aromatic rings. The van der Waals surface area contributed by atoms with Crippen LogP contribution >= 0.6 is 11.3 Å². The highest BCUT2D eigenvalue weighted by molar-refractivity contribution is 7.09. The highest BCUT2D eigenvalue weighted by atomic mass is 32.1. The van der Waals surface area contributed by atoms with Crippen LogP contribution in [0.5, 0.6) is 0 Å². The molecule has 0 radical (unpaired) electrons. The summed E-state index contributed by atoms with van der Waals surface area (Å²) in [6.45, 7) is 2.25. The van der Waals surface area contributed by atoms with Gasteiger partial charge in [-0.05, 0) is 31.6 Å². The second-order valence-electron chi connectivity index (χ2n) is 5.38. The van der Waals surface area contributed by atoms with Crippen molar-refractivity contribution in [1.29, 1.82) is 0 Å². The molecule has 0 N–H and O–H groups in total. The quantitative estimate of drug-likeness (QED) is 0.693. The van der Waals surface area contributed by atoms with E-state index in [1.807, 2.05) is 11.3 Å². The summed E-state index contributed by atoms with van der Waals surface area (Å²) < 4.78 is 0. The third kappa shape index (κ3) is 4.42. The van der Waals surface area contributed by atoms with Crippen molar-refractivity contribution in [2.75, 3.05) is 0 Å². The lowest BCUT2D eigenvalue weighted by atomic mass is 9.86. The van der Waals surface area contributed by atoms with Gasteiger partial charge in [0.2, 0.25) is 0 Å². The van der Waals surface area contributed by atoms with Crippen LogP contribution in [0, 0.1) is 5.92 Å². The van der Waals surface area contributed by atoms with E-state index in [-0.39, 0.29) is 0 Å². The predicted octanol–water partition coefficient (Wildman–Crippen LogP) is 5.00. The molecular weight excluding hydrogens is 226 g/mol. The number of nitrogens with zero attached hydrogens (tertiary/aromatic N) is 1. The third-order valence-electron chi connectivity index (χ3n) is 3.88. The van der Waals surface area contributed by atoms with Gasteiger partial charge in [0, 0.05) is 5.38 Å². The Bertz CT molecular complexity index is 312. The van der Waals surface area contributed by atoms with E-state index in [1.165, 1.54) is 74.9 Å². The maximum atomic E-state index is 4.75. The monoisotopic (exact) mass is 251 g/mol. The molecule has 1 aliphatic carbocycles. The average molecular weight is 251 g/mol. The molecule has 1 nitrogen and oxygen atoms in total. The van der Waals surface area contributed by atoms with Crippen molar-refractivity contribution in [2.45, 2.75) is 71.1 Å². The smallest absolute Gasteiger partial charge is 0.0928 e. The summed E-state index contributed by atoms with van der Waals surface area (Å²) in [6.07, 6.45) is 13.7. The molecule has 0 bridgehead atoms. The zero-order chi connectivity index (χ0) is 11.9. The van der Waals surface area contributed by atoms with Crippen LogP contribution in [0.2, 0.25) is 0 Å². The summed E-state index contributed by atoms with van der Waals surface area (Å²) in [6, 6.07) is 0. The molecule has 1 saturated carbocycles. The second-order valence-corrected chi connectivity index (χ2v) is 6.32. The van der Waals surface area contributed by atoms with Crippen molar-refractivity contribution < 1.29 is 0 Å². The number of unbranched alkanes of at least 4 members (excludes halogenated alkanes) is 1. The molecule has 0 unspecified atom stereocenters. The van der Waals surface area contributed by atoms with Gasteiger partial charge < -0.3 is 0 Å². The Morgan fingerprint density at radius 3 is 2.82 bits per heavy atom. The maximum Gasteiger partial charge on any atom is 0.0928 e. The van der Waals surface area contributed by atoms with E-state index in [0.717, 1.165) is 5.92 Å². The first-order valence-electron chi connectivity index (χ1n) is 7.31. The Morgan fingerprint density at radius 1 is 1.24 bits per heavy atom. The Balaban J connectivity index is 1.72. The lowest BCUT2D eigenvalue weighted by molar-refractivity contribution is 0.338. The van der Waals surface area contributed by atoms with E-state index in [4.69, 9.17) is 4.98 Å². The van der Waals surface area contributed by atoms with E-state index >= 15 is 0 Å². The lowest BCUT2D eigenvalue weighted by Gasteiger charge is -2.20. The molecule has 0 atom stereocenters. The fourth-order valence-corrected chi connectivity index (χ4v) is 3.61. The Morgan fingerprint density at radius 2 is 2.06 bits per heavy atom. The molecule has 0 aromatic carbocycles. The van der Waals surface area contributed by atoms with Gasteiger partial charge in [-0.1, -0.05) is 45.4 Å². The second kappa shape index (κ2) is 7.15. The van der Waals surface area contributed by atoms with E-state index in [0.29, 0.717) is 0 Å². The number of hydrogen-bond acceptors (Lipinski definition) is 2. The van der Waals surface area contributed by atoms with Gasteiger partial charge in [0.15, 0.2) is 0 Å². The van der Waals surface area contributed by atoms with Crippen molar-refractivity contribution in [2.24, 2.45) is 5.92 Å². The lowest BCUT2D eigenvalue weighted by Crippen LogP contribution is -2.07. The van der Waals surface area contributed by atoms with Crippen LogP contribution in [-0.4, -0.2) is 4.98 Å². The van der Waals surface area contributed by atoms with E-state index in [1.54, 1.807) is 0 Å². The molecular formula is C15H25NS. The third-order valence-corrected chi connectivity index (χ3v) is 4.83. The number of rotatable bonds is 6. The molecule has 0 amide bonds. The van der Waals surface area contributed by atoms with Gasteiger partial charge in [0.05, 0.1) is 10.7 Å². The molecule has 1 heterocycles. The molecule has 0 saturated heterocycles. The van der Waals surface area contributed by atoms with Gasteiger partial charge in [0.1, 0.15) is 0 Å². The van der Waals surface area contributed by atoms with E-state index in [2.05, 4.69) is 12.3 Å². The molecule has 17 heavy (non-hydrogen) atoms. The first kappa shape index (κ1) is 13.1. The Hall–Kier alpha value is -0.370. The largest absolute Gasteiger partial charge is 0.246 e. The Kier molecular flexibility index (Phi) is 5.50. The number of aryl methyl sites for hydroxylation is 2. The fourth-order valence-electron chi connectivity index (χ4n) is 2.73. The van der Waals surface area contributed by atoms with Crippen LogP contribution < -0.4 is 0 Å². The highest BCUT2D eigenvalue weighted by Crippen LogP contribution is 2.27. The summed E-state index contributed by atoms with van der Waals surface area (Å²) in [5.41, 5.74) is 1.35. The van der Waals surface area contributed by atoms with Crippen molar-refractivity contribution in [1.82, 2.24) is 4.98 Å². The van der Waals surface area contributed by atoms with Crippen LogP contribution in [0.1, 0.15) is 69.0 Å². The van der Waals surface area contributed by atoms with Crippen molar-refractivity contribution in [3.05, 3.63) is 16.1 Å². The molecule has 1 aromatic heterocycles. The minimum atomic E-state index is 0.990. The zero-order valence-corrected chi connectivity index (χ0v) is 11.9. The van der Waals surface area contributed by atoms with Crippen molar-refractivity contribution in [3.63, 3.8) is 0 Å². The molecule has 2 heteroatoms. The number of thiazole rings is 1. The molecule has 2 rings (SSSR count). The first-order valence-corrected chi connectivity index (χ1v) is 8.19. The van der Waals surface area contributed by atoms with Crippen LogP contribution in [0.4, 0.5) is 0 Å². The standard InChI is InChI=1S/C15H25NS/c1-2-3-9-15-16-14(12-17-15)11-10-13-7-5-4-6-8-13/h12-13H,2-11H2,1H3. The van der Waals surface area contributed by atoms with Crippen LogP contribution in [-0.2, 0) is 12.8 Å². The summed E-state index contributed by atoms with van der Waals surface area (Å²) in [5, 5.41) is 3.64. The van der Waals surface area contributed by atoms with Gasteiger partial charge in [-0.25, -0.2) is 4.98 Å². The maximum absolute atomic E-state index is 4.75.